The minimum atomic E-state index is -1.34. The smallest absolute Gasteiger partial charge is 0.242 e. The molecule has 2 aromatic heterocycles. The first-order chi connectivity index (χ1) is 13.8. The first kappa shape index (κ1) is 21.1. The quantitative estimate of drug-likeness (QED) is 0.410. The number of aliphatic hydroxyl groups is 3. The molecule has 3 rings (SSSR count). The van der Waals surface area contributed by atoms with Crippen LogP contribution in [0.5, 0.6) is 0 Å². The standard InChI is InChI=1S/C18H24N6O5/c1-8(2)12(20-3)17(28)23-15-11-9(4-19)5-24(16(11)22-7-21-15)18-14(27)13(26)10(6-25)29-18/h5,7-8,10,12-14,18,20,25-27H,6H2,1-3H3,(H,21,22,23,28)/t10-,12?,13?,14+,18-/m1/s1. The van der Waals surface area contributed by atoms with Crippen molar-refractivity contribution in [2.24, 2.45) is 5.92 Å². The molecule has 3 heterocycles. The van der Waals surface area contributed by atoms with Gasteiger partial charge in [0.1, 0.15) is 42.2 Å². The van der Waals surface area contributed by atoms with Crippen LogP contribution in [0.15, 0.2) is 12.5 Å². The van der Waals surface area contributed by atoms with Crippen molar-refractivity contribution in [3.8, 4) is 6.07 Å². The highest BCUT2D eigenvalue weighted by Gasteiger charge is 2.44. The van der Waals surface area contributed by atoms with Crippen LogP contribution < -0.4 is 10.6 Å². The Morgan fingerprint density at radius 2 is 2.10 bits per heavy atom. The Bertz CT molecular complexity index is 939. The molecule has 1 aliphatic heterocycles. The summed E-state index contributed by atoms with van der Waals surface area (Å²) in [4.78, 5) is 20.9. The Morgan fingerprint density at radius 3 is 2.66 bits per heavy atom. The van der Waals surface area contributed by atoms with Gasteiger partial charge < -0.3 is 35.3 Å². The third kappa shape index (κ3) is 3.68. The summed E-state index contributed by atoms with van der Waals surface area (Å²) < 4.78 is 6.94. The molecule has 11 nitrogen and oxygen atoms in total. The molecule has 5 atom stereocenters. The van der Waals surface area contributed by atoms with Gasteiger partial charge in [-0.3, -0.25) is 4.79 Å². The van der Waals surface area contributed by atoms with Gasteiger partial charge in [0, 0.05) is 6.20 Å². The molecule has 0 spiro atoms. The summed E-state index contributed by atoms with van der Waals surface area (Å²) >= 11 is 0. The number of hydrogen-bond acceptors (Lipinski definition) is 9. The normalized spacial score (nSPS) is 25.3. The van der Waals surface area contributed by atoms with Crippen molar-refractivity contribution in [2.75, 3.05) is 19.0 Å². The van der Waals surface area contributed by atoms with Crippen molar-refractivity contribution >= 4 is 22.8 Å². The number of hydrogen-bond donors (Lipinski definition) is 5. The van der Waals surface area contributed by atoms with E-state index in [1.54, 1.807) is 7.05 Å². The number of likely N-dealkylation sites (N-methyl/N-ethyl adjacent to an activating group) is 1. The fourth-order valence-electron chi connectivity index (χ4n) is 3.53. The van der Waals surface area contributed by atoms with Crippen molar-refractivity contribution in [2.45, 2.75) is 44.4 Å². The number of amides is 1. The van der Waals surface area contributed by atoms with Crippen LogP contribution in [0.25, 0.3) is 11.0 Å². The highest BCUT2D eigenvalue weighted by Crippen LogP contribution is 2.34. The molecule has 2 aromatic rings. The van der Waals surface area contributed by atoms with E-state index >= 15 is 0 Å². The molecular weight excluding hydrogens is 380 g/mol. The minimum Gasteiger partial charge on any atom is -0.394 e. The van der Waals surface area contributed by atoms with E-state index in [0.717, 1.165) is 0 Å². The van der Waals surface area contributed by atoms with Gasteiger partial charge >= 0.3 is 0 Å². The maximum Gasteiger partial charge on any atom is 0.242 e. The first-order valence-electron chi connectivity index (χ1n) is 9.20. The number of aliphatic hydroxyl groups excluding tert-OH is 3. The van der Waals surface area contributed by atoms with Gasteiger partial charge in [0.05, 0.1) is 23.6 Å². The number of nitrogens with one attached hydrogen (secondary N) is 2. The maximum absolute atomic E-state index is 12.6. The zero-order chi connectivity index (χ0) is 21.3. The van der Waals surface area contributed by atoms with Crippen molar-refractivity contribution < 1.29 is 24.9 Å². The van der Waals surface area contributed by atoms with Gasteiger partial charge in [-0.25, -0.2) is 9.97 Å². The van der Waals surface area contributed by atoms with Crippen molar-refractivity contribution in [1.82, 2.24) is 19.9 Å². The third-order valence-electron chi connectivity index (χ3n) is 5.02. The second-order valence-electron chi connectivity index (χ2n) is 7.21. The molecule has 0 aliphatic carbocycles. The molecule has 5 N–H and O–H groups in total. The molecule has 156 valence electrons. The summed E-state index contributed by atoms with van der Waals surface area (Å²) in [7, 11) is 1.68. The molecule has 0 bridgehead atoms. The van der Waals surface area contributed by atoms with E-state index in [9.17, 15) is 25.4 Å². The number of nitriles is 1. The fraction of sp³-hybridized carbons (Fsp3) is 0.556. The average Bonchev–Trinajstić information content (AvgIpc) is 3.20. The molecule has 0 aromatic carbocycles. The number of carbonyl (C=O) groups excluding carboxylic acids is 1. The molecule has 1 aliphatic rings. The van der Waals surface area contributed by atoms with Gasteiger partial charge in [-0.2, -0.15) is 5.26 Å². The largest absolute Gasteiger partial charge is 0.394 e. The molecule has 2 unspecified atom stereocenters. The Balaban J connectivity index is 2.04. The van der Waals surface area contributed by atoms with Crippen molar-refractivity contribution in [3.63, 3.8) is 0 Å². The van der Waals surface area contributed by atoms with Gasteiger partial charge in [0.25, 0.3) is 0 Å². The fourth-order valence-corrected chi connectivity index (χ4v) is 3.53. The van der Waals surface area contributed by atoms with E-state index in [1.807, 2.05) is 19.9 Å². The lowest BCUT2D eigenvalue weighted by Crippen LogP contribution is -2.42. The monoisotopic (exact) mass is 404 g/mol. The zero-order valence-corrected chi connectivity index (χ0v) is 16.3. The van der Waals surface area contributed by atoms with Gasteiger partial charge in [-0.1, -0.05) is 13.8 Å². The number of anilines is 1. The summed E-state index contributed by atoms with van der Waals surface area (Å²) in [5.74, 6) is -0.133. The molecule has 11 heteroatoms. The predicted molar refractivity (Wildman–Crippen MR) is 102 cm³/mol. The lowest BCUT2D eigenvalue weighted by molar-refractivity contribution is -0.118. The van der Waals surface area contributed by atoms with Crippen LogP contribution in [0.4, 0.5) is 5.82 Å². The Morgan fingerprint density at radius 1 is 1.38 bits per heavy atom. The number of fused-ring (bicyclic) bond motifs is 1. The van der Waals surface area contributed by atoms with E-state index < -0.39 is 37.2 Å². The van der Waals surface area contributed by atoms with Crippen molar-refractivity contribution in [3.05, 3.63) is 18.1 Å². The maximum atomic E-state index is 12.6. The van der Waals surface area contributed by atoms with E-state index in [4.69, 9.17) is 4.74 Å². The summed E-state index contributed by atoms with van der Waals surface area (Å²) in [6.07, 6.45) is -2.03. The molecule has 1 amide bonds. The van der Waals surface area contributed by atoms with E-state index in [-0.39, 0.29) is 28.9 Å². The van der Waals surface area contributed by atoms with Crippen LogP contribution in [-0.2, 0) is 9.53 Å². The summed E-state index contributed by atoms with van der Waals surface area (Å²) in [6, 6.07) is 1.56. The van der Waals surface area contributed by atoms with Gasteiger partial charge in [0.2, 0.25) is 5.91 Å². The summed E-state index contributed by atoms with van der Waals surface area (Å²) in [5, 5.41) is 45.2. The number of nitrogens with zero attached hydrogens (tertiary/aromatic N) is 4. The van der Waals surface area contributed by atoms with Crippen LogP contribution >= 0.6 is 0 Å². The second kappa shape index (κ2) is 8.40. The van der Waals surface area contributed by atoms with Gasteiger partial charge in [0.15, 0.2) is 6.23 Å². The number of rotatable bonds is 6. The SMILES string of the molecule is CNC(C(=O)Nc1ncnc2c1c(C#N)cn2[C@@H]1O[C@H](CO)C(O)[C@@H]1O)C(C)C. The third-order valence-corrected chi connectivity index (χ3v) is 5.02. The van der Waals surface area contributed by atoms with Gasteiger partial charge in [-0.15, -0.1) is 0 Å². The van der Waals surface area contributed by atoms with Crippen LogP contribution in [0.1, 0.15) is 25.6 Å². The number of aromatic nitrogens is 3. The molecule has 1 fully saturated rings. The van der Waals surface area contributed by atoms with E-state index in [0.29, 0.717) is 5.39 Å². The van der Waals surface area contributed by atoms with E-state index in [1.165, 1.54) is 17.1 Å². The van der Waals surface area contributed by atoms with Crippen LogP contribution in [0.2, 0.25) is 0 Å². The first-order valence-corrected chi connectivity index (χ1v) is 9.20. The highest BCUT2D eigenvalue weighted by atomic mass is 16.6. The van der Waals surface area contributed by atoms with Crippen LogP contribution in [0.3, 0.4) is 0 Å². The van der Waals surface area contributed by atoms with E-state index in [2.05, 4.69) is 20.6 Å². The average molecular weight is 404 g/mol. The predicted octanol–water partition coefficient (Wildman–Crippen LogP) is -0.903. The summed E-state index contributed by atoms with van der Waals surface area (Å²) in [5.41, 5.74) is 0.409. The molecular formula is C18H24N6O5. The molecule has 1 saturated heterocycles. The zero-order valence-electron chi connectivity index (χ0n) is 16.3. The molecule has 0 radical (unpaired) electrons. The Hall–Kier alpha value is -2.62. The topological polar surface area (TPSA) is 166 Å². The number of ether oxygens (including phenoxy) is 1. The lowest BCUT2D eigenvalue weighted by Gasteiger charge is -2.19. The Kier molecular flexibility index (Phi) is 6.11. The van der Waals surface area contributed by atoms with Crippen molar-refractivity contribution in [1.29, 1.82) is 5.26 Å². The summed E-state index contributed by atoms with van der Waals surface area (Å²) in [6.45, 7) is 3.32. The molecule has 29 heavy (non-hydrogen) atoms. The van der Waals surface area contributed by atoms with Crippen LogP contribution in [0, 0.1) is 17.2 Å². The van der Waals surface area contributed by atoms with Gasteiger partial charge in [-0.05, 0) is 13.0 Å². The second-order valence-corrected chi connectivity index (χ2v) is 7.21. The Labute approximate surface area is 166 Å². The molecule has 0 saturated carbocycles. The van der Waals surface area contributed by atoms with Crippen LogP contribution in [-0.4, -0.2) is 73.8 Å². The highest BCUT2D eigenvalue weighted by molar-refractivity contribution is 6.03. The number of carbonyl (C=O) groups is 1. The minimum absolute atomic E-state index is 0.0244. The lowest BCUT2D eigenvalue weighted by atomic mass is 10.0.